The molecule has 3 nitrogen and oxygen atoms in total. The van der Waals surface area contributed by atoms with Crippen LogP contribution in [0, 0.1) is 25.6 Å². The van der Waals surface area contributed by atoms with Crippen LogP contribution in [0.25, 0.3) is 21.8 Å². The van der Waals surface area contributed by atoms with Gasteiger partial charge in [0.1, 0.15) is 11.4 Å². The van der Waals surface area contributed by atoms with Crippen molar-refractivity contribution in [2.24, 2.45) is 5.92 Å². The van der Waals surface area contributed by atoms with E-state index in [4.69, 9.17) is 0 Å². The van der Waals surface area contributed by atoms with Crippen molar-refractivity contribution in [3.8, 4) is 0 Å². The number of carbonyl (C=O) groups is 1. The van der Waals surface area contributed by atoms with Crippen molar-refractivity contribution in [3.63, 3.8) is 0 Å². The summed E-state index contributed by atoms with van der Waals surface area (Å²) in [6, 6.07) is 31.6. The minimum atomic E-state index is -0.795. The van der Waals surface area contributed by atoms with Crippen molar-refractivity contribution in [1.82, 2.24) is 9.55 Å². The maximum atomic E-state index is 14.7. The lowest BCUT2D eigenvalue weighted by atomic mass is 9.72. The van der Waals surface area contributed by atoms with E-state index in [1.54, 1.807) is 12.1 Å². The Labute approximate surface area is 219 Å². The molecule has 184 valence electrons. The number of nitrogens with zero attached hydrogens (tertiary/aromatic N) is 1. The number of rotatable bonds is 2. The zero-order chi connectivity index (χ0) is 25.8. The Balaban J connectivity index is 1.61. The highest BCUT2D eigenvalue weighted by Crippen LogP contribution is 2.63. The van der Waals surface area contributed by atoms with Crippen LogP contribution in [0.15, 0.2) is 97.1 Å². The average Bonchev–Trinajstić information content (AvgIpc) is 3.61. The first-order chi connectivity index (χ1) is 18.5. The largest absolute Gasteiger partial charge is 0.356 e. The van der Waals surface area contributed by atoms with Gasteiger partial charge in [0.25, 0.3) is 0 Å². The van der Waals surface area contributed by atoms with E-state index in [1.807, 2.05) is 30.3 Å². The number of hydrogen-bond acceptors (Lipinski definition) is 1. The molecule has 4 aromatic carbocycles. The second-order valence-electron chi connectivity index (χ2n) is 10.7. The van der Waals surface area contributed by atoms with Crippen LogP contribution >= 0.6 is 0 Å². The standard InChI is InChI=1S/C34H25FN2O/c1-19-24-13-5-8-17-28(24)37-31(19)29(21-10-9-11-22(35)18-21)30-32(38)25-14-3-6-15-26(25)34(30,37)33-20(2)23-12-4-7-16-27(23)36-33/h3-18,29-30,36H,1-2H3. The Morgan fingerprint density at radius 2 is 1.55 bits per heavy atom. The van der Waals surface area contributed by atoms with Crippen LogP contribution in [0.5, 0.6) is 0 Å². The van der Waals surface area contributed by atoms with Gasteiger partial charge >= 0.3 is 0 Å². The summed E-state index contributed by atoms with van der Waals surface area (Å²) in [6.07, 6.45) is 0. The number of fused-ring (bicyclic) bond motifs is 8. The summed E-state index contributed by atoms with van der Waals surface area (Å²) >= 11 is 0. The molecule has 1 aliphatic heterocycles. The van der Waals surface area contributed by atoms with Crippen LogP contribution in [-0.4, -0.2) is 15.3 Å². The number of H-pyrrole nitrogens is 1. The van der Waals surface area contributed by atoms with E-state index < -0.39 is 11.5 Å². The first kappa shape index (κ1) is 21.6. The van der Waals surface area contributed by atoms with Crippen LogP contribution in [0.3, 0.4) is 0 Å². The summed E-state index contributed by atoms with van der Waals surface area (Å²) in [5, 5.41) is 2.31. The molecule has 0 saturated heterocycles. The van der Waals surface area contributed by atoms with E-state index in [2.05, 4.69) is 71.9 Å². The number of aryl methyl sites for hydroxylation is 2. The zero-order valence-electron chi connectivity index (χ0n) is 21.1. The number of nitrogens with one attached hydrogen (secondary N) is 1. The predicted molar refractivity (Wildman–Crippen MR) is 148 cm³/mol. The number of ketones is 1. The van der Waals surface area contributed by atoms with Crippen LogP contribution in [0.4, 0.5) is 4.39 Å². The highest BCUT2D eigenvalue weighted by Gasteiger charge is 2.64. The summed E-state index contributed by atoms with van der Waals surface area (Å²) in [7, 11) is 0. The highest BCUT2D eigenvalue weighted by atomic mass is 19.1. The fourth-order valence-corrected chi connectivity index (χ4v) is 7.65. The normalized spacial score (nSPS) is 21.7. The fourth-order valence-electron chi connectivity index (χ4n) is 7.65. The number of para-hydroxylation sites is 2. The van der Waals surface area contributed by atoms with Crippen molar-refractivity contribution in [2.75, 3.05) is 0 Å². The van der Waals surface area contributed by atoms with Gasteiger partial charge in [-0.2, -0.15) is 0 Å². The van der Waals surface area contributed by atoms with Gasteiger partial charge in [0.05, 0.1) is 11.6 Å². The van der Waals surface area contributed by atoms with Crippen molar-refractivity contribution in [2.45, 2.75) is 25.3 Å². The molecule has 0 bridgehead atoms. The Hall–Kier alpha value is -4.44. The van der Waals surface area contributed by atoms with Gasteiger partial charge in [-0.1, -0.05) is 72.8 Å². The van der Waals surface area contributed by atoms with Crippen LogP contribution < -0.4 is 0 Å². The molecular formula is C34H25FN2O. The van der Waals surface area contributed by atoms with Crippen LogP contribution in [-0.2, 0) is 5.54 Å². The summed E-state index contributed by atoms with van der Waals surface area (Å²) in [4.78, 5) is 18.3. The van der Waals surface area contributed by atoms with Gasteiger partial charge in [-0.15, -0.1) is 0 Å². The molecule has 0 spiro atoms. The minimum absolute atomic E-state index is 0.111. The molecule has 6 aromatic rings. The summed E-state index contributed by atoms with van der Waals surface area (Å²) in [5.41, 5.74) is 8.32. The third-order valence-corrected chi connectivity index (χ3v) is 9.05. The van der Waals surface area contributed by atoms with E-state index in [-0.39, 0.29) is 17.5 Å². The van der Waals surface area contributed by atoms with Gasteiger partial charge in [0.15, 0.2) is 5.78 Å². The maximum Gasteiger partial charge on any atom is 0.170 e. The Morgan fingerprint density at radius 3 is 2.37 bits per heavy atom. The molecule has 3 atom stereocenters. The maximum absolute atomic E-state index is 14.7. The molecular weight excluding hydrogens is 471 g/mol. The smallest absolute Gasteiger partial charge is 0.170 e. The van der Waals surface area contributed by atoms with Crippen molar-refractivity contribution in [3.05, 3.63) is 142 Å². The Morgan fingerprint density at radius 1 is 0.816 bits per heavy atom. The SMILES string of the molecule is Cc1c(C23c4ccccc4C(=O)C2C(c2cccc(F)c2)c2c(C)c4ccccc4n23)[nH]c2ccccc12. The summed E-state index contributed by atoms with van der Waals surface area (Å²) in [5.74, 6) is -0.930. The van der Waals surface area contributed by atoms with Gasteiger partial charge in [-0.25, -0.2) is 4.39 Å². The monoisotopic (exact) mass is 496 g/mol. The molecule has 3 unspecified atom stereocenters. The Kier molecular flexibility index (Phi) is 4.17. The zero-order valence-corrected chi connectivity index (χ0v) is 21.1. The van der Waals surface area contributed by atoms with Crippen molar-refractivity contribution in [1.29, 1.82) is 0 Å². The van der Waals surface area contributed by atoms with E-state index >= 15 is 0 Å². The van der Waals surface area contributed by atoms with Gasteiger partial charge < -0.3 is 9.55 Å². The summed E-state index contributed by atoms with van der Waals surface area (Å²) < 4.78 is 17.1. The number of benzene rings is 4. The summed E-state index contributed by atoms with van der Waals surface area (Å²) in [6.45, 7) is 4.29. The first-order valence-corrected chi connectivity index (χ1v) is 13.1. The molecule has 38 heavy (non-hydrogen) atoms. The molecule has 2 aliphatic rings. The van der Waals surface area contributed by atoms with Crippen molar-refractivity contribution < 1.29 is 9.18 Å². The van der Waals surface area contributed by atoms with E-state index in [1.165, 1.54) is 6.07 Å². The molecule has 8 rings (SSSR count). The van der Waals surface area contributed by atoms with Gasteiger partial charge in [-0.05, 0) is 60.4 Å². The number of hydrogen-bond donors (Lipinski definition) is 1. The number of carbonyl (C=O) groups excluding carboxylic acids is 1. The molecule has 1 N–H and O–H groups in total. The average molecular weight is 497 g/mol. The fraction of sp³-hybridized carbons (Fsp3) is 0.147. The van der Waals surface area contributed by atoms with E-state index in [9.17, 15) is 9.18 Å². The van der Waals surface area contributed by atoms with E-state index in [0.29, 0.717) is 0 Å². The quantitative estimate of drug-likeness (QED) is 0.263. The molecule has 0 radical (unpaired) electrons. The molecule has 2 aromatic heterocycles. The van der Waals surface area contributed by atoms with Crippen molar-refractivity contribution >= 4 is 27.6 Å². The molecule has 3 heterocycles. The topological polar surface area (TPSA) is 37.8 Å². The van der Waals surface area contributed by atoms with Gasteiger partial charge in [0, 0.05) is 39.0 Å². The van der Waals surface area contributed by atoms with Gasteiger partial charge in [0.2, 0.25) is 0 Å². The predicted octanol–water partition coefficient (Wildman–Crippen LogP) is 7.63. The lowest BCUT2D eigenvalue weighted by Gasteiger charge is -2.34. The van der Waals surface area contributed by atoms with E-state index in [0.717, 1.165) is 61.0 Å². The van der Waals surface area contributed by atoms with Crippen LogP contribution in [0.2, 0.25) is 0 Å². The number of halogens is 1. The number of aromatic nitrogens is 2. The third kappa shape index (κ3) is 2.41. The molecule has 0 fully saturated rings. The van der Waals surface area contributed by atoms with Gasteiger partial charge in [-0.3, -0.25) is 4.79 Å². The lowest BCUT2D eigenvalue weighted by Crippen LogP contribution is -2.39. The molecule has 4 heteroatoms. The first-order valence-electron chi connectivity index (χ1n) is 13.1. The molecule has 0 saturated carbocycles. The molecule has 0 amide bonds. The number of Topliss-reactive ketones (excluding diaryl/α,β-unsaturated/α-hetero) is 1. The molecule has 1 aliphatic carbocycles. The van der Waals surface area contributed by atoms with Crippen LogP contribution in [0.1, 0.15) is 49.9 Å². The minimum Gasteiger partial charge on any atom is -0.356 e. The third-order valence-electron chi connectivity index (χ3n) is 9.05. The highest BCUT2D eigenvalue weighted by molar-refractivity contribution is 6.08. The number of aromatic amines is 1. The second kappa shape index (κ2) is 7.32. The second-order valence-corrected chi connectivity index (χ2v) is 10.7. The Bertz CT molecular complexity index is 1960. The lowest BCUT2D eigenvalue weighted by molar-refractivity contribution is 0.0894.